The van der Waals surface area contributed by atoms with E-state index < -0.39 is 0 Å². The maximum absolute atomic E-state index is 12.5. The maximum atomic E-state index is 12.5. The van der Waals surface area contributed by atoms with Gasteiger partial charge in [0.1, 0.15) is 0 Å². The Morgan fingerprint density at radius 1 is 1.22 bits per heavy atom. The van der Waals surface area contributed by atoms with Gasteiger partial charge in [0.15, 0.2) is 5.78 Å². The van der Waals surface area contributed by atoms with Crippen LogP contribution in [-0.4, -0.2) is 62.3 Å². The fraction of sp³-hybridized carbons (Fsp3) is 0.400. The number of aryl methyl sites for hydroxylation is 1. The summed E-state index contributed by atoms with van der Waals surface area (Å²) in [6.07, 6.45) is 9.08. The summed E-state index contributed by atoms with van der Waals surface area (Å²) in [5, 5.41) is 5.20. The number of carbonyl (C=O) groups excluding carboxylic acids is 1. The van der Waals surface area contributed by atoms with Crippen molar-refractivity contribution in [3.63, 3.8) is 0 Å². The highest BCUT2D eigenvalue weighted by molar-refractivity contribution is 5.86. The van der Waals surface area contributed by atoms with Crippen molar-refractivity contribution in [3.05, 3.63) is 42.6 Å². The number of rotatable bonds is 5. The van der Waals surface area contributed by atoms with Gasteiger partial charge in [0.2, 0.25) is 0 Å². The summed E-state index contributed by atoms with van der Waals surface area (Å²) in [5.74, 6) is 0.200. The van der Waals surface area contributed by atoms with E-state index in [1.165, 1.54) is 0 Å². The molecule has 3 aromatic heterocycles. The molecule has 0 aromatic carbocycles. The van der Waals surface area contributed by atoms with Crippen LogP contribution in [0, 0.1) is 0 Å². The van der Waals surface area contributed by atoms with E-state index in [2.05, 4.69) is 26.0 Å². The number of nitrogens with zero attached hydrogens (tertiary/aromatic N) is 5. The van der Waals surface area contributed by atoms with Crippen LogP contribution in [-0.2, 0) is 23.0 Å². The topological polar surface area (TPSA) is 73.1 Å². The second kappa shape index (κ2) is 6.51. The Morgan fingerprint density at radius 2 is 2.15 bits per heavy atom. The van der Waals surface area contributed by atoms with Gasteiger partial charge < -0.3 is 4.74 Å². The van der Waals surface area contributed by atoms with Crippen LogP contribution in [0.2, 0.25) is 0 Å². The van der Waals surface area contributed by atoms with Crippen molar-refractivity contribution in [2.45, 2.75) is 25.0 Å². The average Bonchev–Trinajstić information content (AvgIpc) is 3.38. The van der Waals surface area contributed by atoms with Gasteiger partial charge in [0, 0.05) is 54.2 Å². The minimum atomic E-state index is 0.200. The van der Waals surface area contributed by atoms with Gasteiger partial charge in [-0.1, -0.05) is 0 Å². The third-order valence-corrected chi connectivity index (χ3v) is 5.43. The lowest BCUT2D eigenvalue weighted by Crippen LogP contribution is -2.40. The summed E-state index contributed by atoms with van der Waals surface area (Å²) in [7, 11) is 1.89. The van der Waals surface area contributed by atoms with Crippen LogP contribution in [0.5, 0.6) is 0 Å². The number of pyridine rings is 2. The molecule has 2 saturated heterocycles. The van der Waals surface area contributed by atoms with Crippen LogP contribution >= 0.6 is 0 Å². The molecule has 27 heavy (non-hydrogen) atoms. The van der Waals surface area contributed by atoms with Crippen LogP contribution in [0.25, 0.3) is 22.0 Å². The molecule has 7 nitrogen and oxygen atoms in total. The number of morpholine rings is 1. The molecular weight excluding hydrogens is 342 g/mol. The molecule has 0 saturated carbocycles. The first-order valence-corrected chi connectivity index (χ1v) is 9.25. The smallest absolute Gasteiger partial charge is 0.152 e. The van der Waals surface area contributed by atoms with E-state index in [1.54, 1.807) is 10.9 Å². The molecule has 0 N–H and O–H groups in total. The van der Waals surface area contributed by atoms with Gasteiger partial charge in [0.25, 0.3) is 0 Å². The molecule has 2 atom stereocenters. The highest BCUT2D eigenvalue weighted by Gasteiger charge is 2.39. The monoisotopic (exact) mass is 363 g/mol. The van der Waals surface area contributed by atoms with E-state index in [0.29, 0.717) is 25.1 Å². The molecule has 0 aliphatic carbocycles. The summed E-state index contributed by atoms with van der Waals surface area (Å²) in [4.78, 5) is 23.7. The molecule has 7 heteroatoms. The summed E-state index contributed by atoms with van der Waals surface area (Å²) in [5.41, 5.74) is 3.64. The minimum absolute atomic E-state index is 0.200. The number of ketones is 1. The predicted molar refractivity (Wildman–Crippen MR) is 100 cm³/mol. The SMILES string of the molecule is Cn1cc(-c2cnc3cnc(CC(=O)CN4C[C@@H]5C[C@H]4CO5)cc3c2)cn1. The van der Waals surface area contributed by atoms with E-state index in [4.69, 9.17) is 4.74 Å². The van der Waals surface area contributed by atoms with Crippen LogP contribution in [0.15, 0.2) is 36.9 Å². The van der Waals surface area contributed by atoms with Crippen molar-refractivity contribution in [1.82, 2.24) is 24.6 Å². The van der Waals surface area contributed by atoms with Crippen LogP contribution in [0.1, 0.15) is 12.1 Å². The zero-order valence-electron chi connectivity index (χ0n) is 15.2. The summed E-state index contributed by atoms with van der Waals surface area (Å²) in [6.45, 7) is 2.12. The summed E-state index contributed by atoms with van der Waals surface area (Å²) < 4.78 is 7.37. The average molecular weight is 363 g/mol. The van der Waals surface area contributed by atoms with Gasteiger partial charge in [-0.3, -0.25) is 24.3 Å². The molecular formula is C20H21N5O2. The Hall–Kier alpha value is -2.64. The Balaban J connectivity index is 1.33. The number of hydrogen-bond donors (Lipinski definition) is 0. The van der Waals surface area contributed by atoms with Crippen molar-refractivity contribution < 1.29 is 9.53 Å². The molecule has 0 unspecified atom stereocenters. The minimum Gasteiger partial charge on any atom is -0.375 e. The molecule has 2 fully saturated rings. The van der Waals surface area contributed by atoms with Gasteiger partial charge in [-0.15, -0.1) is 0 Å². The Labute approximate surface area is 157 Å². The van der Waals surface area contributed by atoms with Crippen molar-refractivity contribution in [2.75, 3.05) is 19.7 Å². The normalized spacial score (nSPS) is 22.0. The van der Waals surface area contributed by atoms with E-state index >= 15 is 0 Å². The molecule has 5 heterocycles. The molecule has 2 bridgehead atoms. The number of Topliss-reactive ketones (excluding diaryl/α,β-unsaturated/α-hetero) is 1. The lowest BCUT2D eigenvalue weighted by atomic mass is 10.1. The largest absolute Gasteiger partial charge is 0.375 e. The van der Waals surface area contributed by atoms with Crippen LogP contribution in [0.4, 0.5) is 0 Å². The summed E-state index contributed by atoms with van der Waals surface area (Å²) in [6, 6.07) is 4.46. The fourth-order valence-electron chi connectivity index (χ4n) is 4.06. The van der Waals surface area contributed by atoms with E-state index in [9.17, 15) is 4.79 Å². The van der Waals surface area contributed by atoms with Crippen molar-refractivity contribution in [3.8, 4) is 11.1 Å². The van der Waals surface area contributed by atoms with Gasteiger partial charge in [0.05, 0.1) is 43.6 Å². The standard InChI is InChI=1S/C20H21N5O2/c1-24-9-15(7-23-24)14-2-13-3-16(21-8-20(13)22-6-14)4-18(26)10-25-11-19-5-17(25)12-27-19/h2-3,6-9,17,19H,4-5,10-12H2,1H3/t17-,19-/m0/s1. The third kappa shape index (κ3) is 3.24. The van der Waals surface area contributed by atoms with Crippen molar-refractivity contribution >= 4 is 16.7 Å². The highest BCUT2D eigenvalue weighted by atomic mass is 16.5. The second-order valence-electron chi connectivity index (χ2n) is 7.48. The molecule has 5 rings (SSSR count). The van der Waals surface area contributed by atoms with Crippen LogP contribution in [0.3, 0.4) is 0 Å². The molecule has 0 spiro atoms. The first-order valence-electron chi connectivity index (χ1n) is 9.25. The predicted octanol–water partition coefficient (Wildman–Crippen LogP) is 1.61. The summed E-state index contributed by atoms with van der Waals surface area (Å²) >= 11 is 0. The highest BCUT2D eigenvalue weighted by Crippen LogP contribution is 2.27. The van der Waals surface area contributed by atoms with Gasteiger partial charge in [-0.05, 0) is 18.6 Å². The fourth-order valence-corrected chi connectivity index (χ4v) is 4.06. The second-order valence-corrected chi connectivity index (χ2v) is 7.48. The molecule has 3 aromatic rings. The first kappa shape index (κ1) is 16.5. The molecule has 0 amide bonds. The zero-order valence-corrected chi connectivity index (χ0v) is 15.2. The maximum Gasteiger partial charge on any atom is 0.152 e. The number of hydrogen-bond acceptors (Lipinski definition) is 6. The molecule has 2 aliphatic heterocycles. The molecule has 2 aliphatic rings. The van der Waals surface area contributed by atoms with E-state index in [-0.39, 0.29) is 5.78 Å². The zero-order chi connectivity index (χ0) is 18.4. The molecule has 138 valence electrons. The van der Waals surface area contributed by atoms with E-state index in [1.807, 2.05) is 31.7 Å². The van der Waals surface area contributed by atoms with Gasteiger partial charge >= 0.3 is 0 Å². The Morgan fingerprint density at radius 3 is 2.89 bits per heavy atom. The Kier molecular flexibility index (Phi) is 3.98. The number of aromatic nitrogens is 4. The van der Waals surface area contributed by atoms with Crippen LogP contribution < -0.4 is 0 Å². The molecule has 0 radical (unpaired) electrons. The van der Waals surface area contributed by atoms with Crippen molar-refractivity contribution in [1.29, 1.82) is 0 Å². The number of fused-ring (bicyclic) bond motifs is 3. The lowest BCUT2D eigenvalue weighted by Gasteiger charge is -2.25. The first-order chi connectivity index (χ1) is 13.1. The quantitative estimate of drug-likeness (QED) is 0.686. The van der Waals surface area contributed by atoms with Gasteiger partial charge in [-0.25, -0.2) is 0 Å². The Bertz CT molecular complexity index is 1010. The number of carbonyl (C=O) groups is 1. The number of likely N-dealkylation sites (tertiary alicyclic amines) is 1. The van der Waals surface area contributed by atoms with Crippen molar-refractivity contribution in [2.24, 2.45) is 7.05 Å². The van der Waals surface area contributed by atoms with E-state index in [0.717, 1.165) is 47.3 Å². The number of ether oxygens (including phenoxy) is 1. The lowest BCUT2D eigenvalue weighted by molar-refractivity contribution is -0.120. The van der Waals surface area contributed by atoms with Gasteiger partial charge in [-0.2, -0.15) is 5.10 Å². The third-order valence-electron chi connectivity index (χ3n) is 5.43.